The molecule has 6 rings (SSSR count). The largest absolute Gasteiger partial charge is 0.481 e. The lowest BCUT2D eigenvalue weighted by Gasteiger charge is -2.20. The number of hydrogen-bond donors (Lipinski definition) is 1. The van der Waals surface area contributed by atoms with Crippen LogP contribution in [0.2, 0.25) is 0 Å². The first kappa shape index (κ1) is 32.9. The lowest BCUT2D eigenvalue weighted by atomic mass is 10.00. The SMILES string of the molecule is COc1nc2c(Oc3ccc(NC(=O)c4cn(C(C)C)c(C)c(-c5ccc(F)cc5)c4=O)cc3F)ccnc2cc1-c1cnn(C(F)F)c1. The molecule has 250 valence electrons. The highest BCUT2D eigenvalue weighted by Gasteiger charge is 2.22. The van der Waals surface area contributed by atoms with Gasteiger partial charge in [0.15, 0.2) is 17.3 Å². The second-order valence-corrected chi connectivity index (χ2v) is 11.3. The number of halogens is 4. The highest BCUT2D eigenvalue weighted by atomic mass is 19.3. The third-order valence-corrected chi connectivity index (χ3v) is 7.78. The Labute approximate surface area is 276 Å². The van der Waals surface area contributed by atoms with Gasteiger partial charge in [0.2, 0.25) is 11.3 Å². The Hall–Kier alpha value is -6.05. The summed E-state index contributed by atoms with van der Waals surface area (Å²) in [6.45, 7) is 2.70. The van der Waals surface area contributed by atoms with Crippen LogP contribution in [0.5, 0.6) is 17.4 Å². The van der Waals surface area contributed by atoms with Crippen molar-refractivity contribution in [2.24, 2.45) is 0 Å². The summed E-state index contributed by atoms with van der Waals surface area (Å²) in [5, 5.41) is 6.23. The van der Waals surface area contributed by atoms with Crippen molar-refractivity contribution < 1.29 is 31.8 Å². The van der Waals surface area contributed by atoms with Crippen molar-refractivity contribution in [3.63, 3.8) is 0 Å². The van der Waals surface area contributed by atoms with Crippen molar-refractivity contribution in [1.82, 2.24) is 24.3 Å². The van der Waals surface area contributed by atoms with Crippen LogP contribution in [0.1, 0.15) is 42.5 Å². The number of alkyl halides is 2. The Morgan fingerprint density at radius 1 is 0.959 bits per heavy atom. The molecule has 0 aliphatic heterocycles. The van der Waals surface area contributed by atoms with Crippen molar-refractivity contribution >= 4 is 22.6 Å². The van der Waals surface area contributed by atoms with Crippen molar-refractivity contribution in [3.8, 4) is 39.6 Å². The molecule has 0 unspecified atom stereocenters. The van der Waals surface area contributed by atoms with Crippen LogP contribution in [-0.4, -0.2) is 37.3 Å². The van der Waals surface area contributed by atoms with Crippen molar-refractivity contribution in [2.75, 3.05) is 12.4 Å². The van der Waals surface area contributed by atoms with Gasteiger partial charge >= 0.3 is 6.55 Å². The quantitative estimate of drug-likeness (QED) is 0.155. The van der Waals surface area contributed by atoms with Gasteiger partial charge in [-0.1, -0.05) is 12.1 Å². The summed E-state index contributed by atoms with van der Waals surface area (Å²) in [4.78, 5) is 35.7. The number of benzene rings is 2. The molecule has 10 nitrogen and oxygen atoms in total. The third kappa shape index (κ3) is 6.44. The Bertz CT molecular complexity index is 2270. The van der Waals surface area contributed by atoms with E-state index < -0.39 is 29.5 Å². The van der Waals surface area contributed by atoms with E-state index in [9.17, 15) is 22.8 Å². The van der Waals surface area contributed by atoms with E-state index in [0.717, 1.165) is 12.3 Å². The van der Waals surface area contributed by atoms with E-state index in [1.54, 1.807) is 17.6 Å². The van der Waals surface area contributed by atoms with Crippen LogP contribution < -0.4 is 20.2 Å². The monoisotopic (exact) mass is 672 g/mol. The predicted octanol–water partition coefficient (Wildman–Crippen LogP) is 7.94. The van der Waals surface area contributed by atoms with Gasteiger partial charge in [-0.2, -0.15) is 13.9 Å². The minimum atomic E-state index is -2.83. The fourth-order valence-electron chi connectivity index (χ4n) is 5.41. The van der Waals surface area contributed by atoms with Crippen LogP contribution in [0.25, 0.3) is 33.3 Å². The molecule has 49 heavy (non-hydrogen) atoms. The molecule has 0 aliphatic rings. The number of nitrogens with one attached hydrogen (secondary N) is 1. The number of fused-ring (bicyclic) bond motifs is 1. The molecule has 6 aromatic rings. The number of anilines is 1. The number of hydrogen-bond acceptors (Lipinski definition) is 7. The van der Waals surface area contributed by atoms with E-state index in [0.29, 0.717) is 32.6 Å². The number of rotatable bonds is 9. The fourth-order valence-corrected chi connectivity index (χ4v) is 5.41. The molecule has 0 aliphatic carbocycles. The molecule has 0 spiro atoms. The maximum absolute atomic E-state index is 15.4. The van der Waals surface area contributed by atoms with Gasteiger partial charge in [0.05, 0.1) is 18.8 Å². The van der Waals surface area contributed by atoms with E-state index in [-0.39, 0.29) is 45.8 Å². The van der Waals surface area contributed by atoms with Gasteiger partial charge in [-0.3, -0.25) is 14.6 Å². The van der Waals surface area contributed by atoms with Crippen LogP contribution in [0.4, 0.5) is 23.2 Å². The Morgan fingerprint density at radius 3 is 2.37 bits per heavy atom. The maximum atomic E-state index is 15.4. The highest BCUT2D eigenvalue weighted by Crippen LogP contribution is 2.36. The van der Waals surface area contributed by atoms with Gasteiger partial charge in [-0.05, 0) is 56.7 Å². The average molecular weight is 673 g/mol. The van der Waals surface area contributed by atoms with Crippen LogP contribution in [0, 0.1) is 18.6 Å². The first-order valence-electron chi connectivity index (χ1n) is 14.9. The molecule has 4 heterocycles. The second-order valence-electron chi connectivity index (χ2n) is 11.3. The van der Waals surface area contributed by atoms with E-state index in [2.05, 4.69) is 20.4 Å². The molecule has 4 aromatic heterocycles. The number of aromatic nitrogens is 5. The Kier molecular flexibility index (Phi) is 8.87. The molecular formula is C35H28F4N6O4. The molecule has 14 heteroatoms. The highest BCUT2D eigenvalue weighted by molar-refractivity contribution is 6.04. The zero-order valence-electron chi connectivity index (χ0n) is 26.5. The Balaban J connectivity index is 1.28. The summed E-state index contributed by atoms with van der Waals surface area (Å²) >= 11 is 0. The number of methoxy groups -OCH3 is 1. The van der Waals surface area contributed by atoms with Crippen LogP contribution in [-0.2, 0) is 0 Å². The average Bonchev–Trinajstić information content (AvgIpc) is 3.57. The summed E-state index contributed by atoms with van der Waals surface area (Å²) in [5.41, 5.74) is 1.83. The van der Waals surface area contributed by atoms with Gasteiger partial charge in [0, 0.05) is 64.8 Å². The van der Waals surface area contributed by atoms with Crippen molar-refractivity contribution in [3.05, 3.63) is 112 Å². The molecule has 0 radical (unpaired) electrons. The van der Waals surface area contributed by atoms with Crippen LogP contribution >= 0.6 is 0 Å². The molecule has 0 bridgehead atoms. The molecule has 1 amide bonds. The number of pyridine rings is 3. The maximum Gasteiger partial charge on any atom is 0.333 e. The molecule has 0 saturated heterocycles. The lowest BCUT2D eigenvalue weighted by molar-refractivity contribution is 0.0566. The molecule has 2 aromatic carbocycles. The van der Waals surface area contributed by atoms with Gasteiger partial charge in [0.25, 0.3) is 5.91 Å². The zero-order chi connectivity index (χ0) is 35.0. The van der Waals surface area contributed by atoms with Gasteiger partial charge in [-0.15, -0.1) is 0 Å². The first-order valence-corrected chi connectivity index (χ1v) is 14.9. The fraction of sp³-hybridized carbons (Fsp3) is 0.171. The minimum Gasteiger partial charge on any atom is -0.481 e. The van der Waals surface area contributed by atoms with E-state index in [1.807, 2.05) is 13.8 Å². The van der Waals surface area contributed by atoms with E-state index in [4.69, 9.17) is 9.47 Å². The van der Waals surface area contributed by atoms with Gasteiger partial charge in [0.1, 0.15) is 16.9 Å². The third-order valence-electron chi connectivity index (χ3n) is 7.78. The van der Waals surface area contributed by atoms with Crippen molar-refractivity contribution in [1.29, 1.82) is 0 Å². The van der Waals surface area contributed by atoms with E-state index >= 15 is 4.39 Å². The molecule has 0 atom stereocenters. The molecule has 1 N–H and O–H groups in total. The minimum absolute atomic E-state index is 0.0580. The Morgan fingerprint density at radius 2 is 1.71 bits per heavy atom. The van der Waals surface area contributed by atoms with Gasteiger partial charge < -0.3 is 19.4 Å². The summed E-state index contributed by atoms with van der Waals surface area (Å²) in [7, 11) is 1.36. The summed E-state index contributed by atoms with van der Waals surface area (Å²) in [5.74, 6) is -2.06. The molecular weight excluding hydrogens is 644 g/mol. The standard InChI is InChI=1S/C35H28F4N6O4/c1-18(2)44-17-25(32(46)30(19(44)3)20-5-7-22(36)8-6-20)33(47)42-23-9-10-28(26(37)13-23)49-29-11-12-40-27-14-24(34(48-4)43-31(27)29)21-15-41-45(16-21)35(38)39/h5-18,35H,1-4H3,(H,42,47). The number of ether oxygens (including phenoxy) is 2. The first-order chi connectivity index (χ1) is 23.4. The second kappa shape index (κ2) is 13.2. The summed E-state index contributed by atoms with van der Waals surface area (Å²) < 4.78 is 68.7. The number of nitrogens with zero attached hydrogens (tertiary/aromatic N) is 5. The normalized spacial score (nSPS) is 11.4. The summed E-state index contributed by atoms with van der Waals surface area (Å²) in [6.07, 6.45) is 5.26. The number of carbonyl (C=O) groups excluding carboxylic acids is 1. The van der Waals surface area contributed by atoms with Crippen molar-refractivity contribution in [2.45, 2.75) is 33.4 Å². The van der Waals surface area contributed by atoms with Crippen LogP contribution in [0.15, 0.2) is 84.2 Å². The smallest absolute Gasteiger partial charge is 0.333 e. The predicted molar refractivity (Wildman–Crippen MR) is 174 cm³/mol. The van der Waals surface area contributed by atoms with Crippen LogP contribution in [0.3, 0.4) is 0 Å². The van der Waals surface area contributed by atoms with E-state index in [1.165, 1.54) is 68.2 Å². The zero-order valence-corrected chi connectivity index (χ0v) is 26.5. The van der Waals surface area contributed by atoms with Gasteiger partial charge in [-0.25, -0.2) is 18.4 Å². The topological polar surface area (TPSA) is 113 Å². The molecule has 0 fully saturated rings. The summed E-state index contributed by atoms with van der Waals surface area (Å²) in [6, 6.07) is 12.1. The molecule has 0 saturated carbocycles. The number of amides is 1. The lowest BCUT2D eigenvalue weighted by Crippen LogP contribution is -2.26. The number of carbonyl (C=O) groups is 1.